The van der Waals surface area contributed by atoms with Crippen molar-refractivity contribution in [2.45, 2.75) is 59.2 Å². The first-order valence-electron chi connectivity index (χ1n) is 7.63. The van der Waals surface area contributed by atoms with E-state index in [0.29, 0.717) is 18.1 Å². The Hall–Kier alpha value is -0.390. The van der Waals surface area contributed by atoms with E-state index in [1.165, 1.54) is 5.69 Å². The Kier molecular flexibility index (Phi) is 5.64. The number of likely N-dealkylation sites (N-methyl/N-ethyl adjacent to an activating group) is 1. The molecule has 1 aliphatic rings. The minimum Gasteiger partial charge on any atom is -0.378 e. The lowest BCUT2D eigenvalue weighted by Crippen LogP contribution is -2.39. The molecule has 1 aromatic heterocycles. The fraction of sp³-hybridized carbons (Fsp3) is 0.800. The predicted molar refractivity (Wildman–Crippen MR) is 85.0 cm³/mol. The van der Waals surface area contributed by atoms with E-state index in [0.717, 1.165) is 42.7 Å². The molecule has 3 unspecified atom stereocenters. The van der Waals surface area contributed by atoms with Gasteiger partial charge in [0.05, 0.1) is 28.6 Å². The van der Waals surface area contributed by atoms with Crippen LogP contribution in [-0.2, 0) is 17.7 Å². The summed E-state index contributed by atoms with van der Waals surface area (Å²) in [6, 6.07) is 0.461. The van der Waals surface area contributed by atoms with E-state index < -0.39 is 0 Å². The van der Waals surface area contributed by atoms with Gasteiger partial charge in [-0.15, -0.1) is 0 Å². The van der Waals surface area contributed by atoms with Crippen molar-refractivity contribution in [2.24, 2.45) is 5.92 Å². The monoisotopic (exact) mass is 343 g/mol. The summed E-state index contributed by atoms with van der Waals surface area (Å²) in [5, 5.41) is 8.23. The molecule has 114 valence electrons. The van der Waals surface area contributed by atoms with Gasteiger partial charge in [0.1, 0.15) is 0 Å². The summed E-state index contributed by atoms with van der Waals surface area (Å²) in [6.45, 7) is 11.3. The number of nitrogens with zero attached hydrogens (tertiary/aromatic N) is 2. The van der Waals surface area contributed by atoms with Gasteiger partial charge in [0.15, 0.2) is 0 Å². The zero-order valence-corrected chi connectivity index (χ0v) is 14.5. The number of halogens is 1. The van der Waals surface area contributed by atoms with Crippen LogP contribution < -0.4 is 5.32 Å². The summed E-state index contributed by atoms with van der Waals surface area (Å²) in [4.78, 5) is 0. The van der Waals surface area contributed by atoms with E-state index in [4.69, 9.17) is 4.74 Å². The molecule has 1 fully saturated rings. The van der Waals surface area contributed by atoms with E-state index in [-0.39, 0.29) is 0 Å². The molecule has 0 aromatic carbocycles. The van der Waals surface area contributed by atoms with Gasteiger partial charge >= 0.3 is 0 Å². The van der Waals surface area contributed by atoms with Gasteiger partial charge in [0.2, 0.25) is 0 Å². The quantitative estimate of drug-likeness (QED) is 0.863. The third-order valence-corrected chi connectivity index (χ3v) is 5.16. The zero-order chi connectivity index (χ0) is 14.7. The second-order valence-corrected chi connectivity index (χ2v) is 6.46. The molecule has 1 aromatic rings. The first kappa shape index (κ1) is 16.0. The lowest BCUT2D eigenvalue weighted by atomic mass is 9.93. The van der Waals surface area contributed by atoms with Crippen LogP contribution in [0.3, 0.4) is 0 Å². The van der Waals surface area contributed by atoms with Crippen LogP contribution in [0.1, 0.15) is 38.6 Å². The van der Waals surface area contributed by atoms with E-state index in [2.05, 4.69) is 58.7 Å². The lowest BCUT2D eigenvalue weighted by molar-refractivity contribution is 0.117. The fourth-order valence-corrected chi connectivity index (χ4v) is 3.52. The molecule has 0 radical (unpaired) electrons. The Morgan fingerprint density at radius 3 is 2.80 bits per heavy atom. The molecular weight excluding hydrogens is 318 g/mol. The van der Waals surface area contributed by atoms with Gasteiger partial charge in [-0.3, -0.25) is 4.68 Å². The van der Waals surface area contributed by atoms with Gasteiger partial charge in [-0.05, 0) is 49.7 Å². The molecule has 20 heavy (non-hydrogen) atoms. The van der Waals surface area contributed by atoms with Gasteiger partial charge in [-0.2, -0.15) is 5.10 Å². The number of aryl methyl sites for hydroxylation is 2. The summed E-state index contributed by atoms with van der Waals surface area (Å²) in [5.74, 6) is 0.595. The van der Waals surface area contributed by atoms with Crippen molar-refractivity contribution in [1.29, 1.82) is 0 Å². The molecular formula is C15H26BrN3O. The SMILES string of the molecule is CCNC(Cc1c(Br)c(C)nn1CC)C1COC(C)C1. The van der Waals surface area contributed by atoms with Crippen molar-refractivity contribution in [3.05, 3.63) is 15.9 Å². The summed E-state index contributed by atoms with van der Waals surface area (Å²) in [7, 11) is 0. The smallest absolute Gasteiger partial charge is 0.0738 e. The third-order valence-electron chi connectivity index (χ3n) is 4.13. The maximum Gasteiger partial charge on any atom is 0.0738 e. The van der Waals surface area contributed by atoms with Crippen LogP contribution in [0.2, 0.25) is 0 Å². The second kappa shape index (κ2) is 7.05. The van der Waals surface area contributed by atoms with E-state index in [1.54, 1.807) is 0 Å². The highest BCUT2D eigenvalue weighted by Gasteiger charge is 2.30. The number of nitrogens with one attached hydrogen (secondary N) is 1. The van der Waals surface area contributed by atoms with Crippen LogP contribution in [0, 0.1) is 12.8 Å². The third kappa shape index (κ3) is 3.43. The summed E-state index contributed by atoms with van der Waals surface area (Å²) in [6.07, 6.45) is 2.54. The van der Waals surface area contributed by atoms with E-state index >= 15 is 0 Å². The first-order valence-corrected chi connectivity index (χ1v) is 8.42. The van der Waals surface area contributed by atoms with Crippen LogP contribution in [-0.4, -0.2) is 35.1 Å². The molecule has 4 nitrogen and oxygen atoms in total. The molecule has 0 saturated carbocycles. The molecule has 2 heterocycles. The Bertz CT molecular complexity index is 447. The zero-order valence-electron chi connectivity index (χ0n) is 12.9. The highest BCUT2D eigenvalue weighted by Crippen LogP contribution is 2.28. The molecule has 0 aliphatic carbocycles. The largest absolute Gasteiger partial charge is 0.378 e. The van der Waals surface area contributed by atoms with E-state index in [1.807, 2.05) is 0 Å². The van der Waals surface area contributed by atoms with Crippen molar-refractivity contribution in [1.82, 2.24) is 15.1 Å². The minimum absolute atomic E-state index is 0.391. The topological polar surface area (TPSA) is 39.1 Å². The van der Waals surface area contributed by atoms with Crippen molar-refractivity contribution < 1.29 is 4.74 Å². The number of aromatic nitrogens is 2. The van der Waals surface area contributed by atoms with Crippen LogP contribution >= 0.6 is 15.9 Å². The molecule has 1 aliphatic heterocycles. The highest BCUT2D eigenvalue weighted by molar-refractivity contribution is 9.10. The lowest BCUT2D eigenvalue weighted by Gasteiger charge is -2.24. The maximum absolute atomic E-state index is 5.75. The summed E-state index contributed by atoms with van der Waals surface area (Å²) >= 11 is 3.70. The fourth-order valence-electron chi connectivity index (χ4n) is 3.07. The van der Waals surface area contributed by atoms with Crippen molar-refractivity contribution >= 4 is 15.9 Å². The summed E-state index contributed by atoms with van der Waals surface area (Å²) in [5.41, 5.74) is 2.38. The highest BCUT2D eigenvalue weighted by atomic mass is 79.9. The van der Waals surface area contributed by atoms with Crippen LogP contribution in [0.15, 0.2) is 4.47 Å². The molecule has 1 N–H and O–H groups in total. The number of hydrogen-bond acceptors (Lipinski definition) is 3. The van der Waals surface area contributed by atoms with Gasteiger partial charge in [0.25, 0.3) is 0 Å². The molecule has 3 atom stereocenters. The number of rotatable bonds is 6. The van der Waals surface area contributed by atoms with Crippen molar-refractivity contribution in [3.63, 3.8) is 0 Å². The molecule has 0 bridgehead atoms. The van der Waals surface area contributed by atoms with E-state index in [9.17, 15) is 0 Å². The van der Waals surface area contributed by atoms with Gasteiger partial charge in [-0.25, -0.2) is 0 Å². The number of ether oxygens (including phenoxy) is 1. The average Bonchev–Trinajstić information content (AvgIpc) is 2.96. The first-order chi connectivity index (χ1) is 9.56. The molecule has 0 spiro atoms. The Morgan fingerprint density at radius 2 is 2.25 bits per heavy atom. The Morgan fingerprint density at radius 1 is 1.50 bits per heavy atom. The van der Waals surface area contributed by atoms with Gasteiger partial charge in [0, 0.05) is 24.9 Å². The minimum atomic E-state index is 0.391. The summed E-state index contributed by atoms with van der Waals surface area (Å²) < 4.78 is 9.02. The van der Waals surface area contributed by atoms with Crippen molar-refractivity contribution in [2.75, 3.05) is 13.2 Å². The molecule has 5 heteroatoms. The van der Waals surface area contributed by atoms with Crippen LogP contribution in [0.25, 0.3) is 0 Å². The maximum atomic E-state index is 5.75. The van der Waals surface area contributed by atoms with Crippen molar-refractivity contribution in [3.8, 4) is 0 Å². The molecule has 0 amide bonds. The van der Waals surface area contributed by atoms with Gasteiger partial charge < -0.3 is 10.1 Å². The van der Waals surface area contributed by atoms with Crippen LogP contribution in [0.4, 0.5) is 0 Å². The predicted octanol–water partition coefficient (Wildman–Crippen LogP) is 2.92. The molecule has 1 saturated heterocycles. The number of hydrogen-bond donors (Lipinski definition) is 1. The van der Waals surface area contributed by atoms with Gasteiger partial charge in [-0.1, -0.05) is 6.92 Å². The Balaban J connectivity index is 2.15. The molecule has 2 rings (SSSR count). The second-order valence-electron chi connectivity index (χ2n) is 5.67. The standard InChI is InChI=1S/C15H26BrN3O/c1-5-17-13(12-7-10(3)20-9-12)8-14-15(16)11(4)18-19(14)6-2/h10,12-13,17H,5-9H2,1-4H3. The normalized spacial score (nSPS) is 24.2. The average molecular weight is 344 g/mol. The van der Waals surface area contributed by atoms with Crippen LogP contribution in [0.5, 0.6) is 0 Å². The Labute approximate surface area is 130 Å².